The lowest BCUT2D eigenvalue weighted by Gasteiger charge is -2.13. The SMILES string of the molecule is CC(C)CC[C@H](N)c1ccc(Cl)c(F)c1.Cl. The molecule has 4 heteroatoms. The Balaban J connectivity index is 0.00000225. The maximum absolute atomic E-state index is 13.2. The third-order valence-corrected chi connectivity index (χ3v) is 2.73. The van der Waals surface area contributed by atoms with Crippen LogP contribution in [0, 0.1) is 11.7 Å². The Morgan fingerprint density at radius 1 is 1.31 bits per heavy atom. The molecule has 0 radical (unpaired) electrons. The van der Waals surface area contributed by atoms with E-state index in [0.29, 0.717) is 5.92 Å². The van der Waals surface area contributed by atoms with Gasteiger partial charge in [-0.25, -0.2) is 4.39 Å². The molecule has 1 aromatic carbocycles. The van der Waals surface area contributed by atoms with E-state index in [1.165, 1.54) is 6.07 Å². The molecular formula is C12H18Cl2FN. The second-order valence-corrected chi connectivity index (χ2v) is 4.66. The summed E-state index contributed by atoms with van der Waals surface area (Å²) in [7, 11) is 0. The van der Waals surface area contributed by atoms with Crippen LogP contribution in [-0.2, 0) is 0 Å². The van der Waals surface area contributed by atoms with Crippen LogP contribution in [0.3, 0.4) is 0 Å². The van der Waals surface area contributed by atoms with E-state index in [9.17, 15) is 4.39 Å². The summed E-state index contributed by atoms with van der Waals surface area (Å²) in [6, 6.07) is 4.67. The summed E-state index contributed by atoms with van der Waals surface area (Å²) in [5.74, 6) is 0.224. The minimum Gasteiger partial charge on any atom is -0.324 e. The lowest BCUT2D eigenvalue weighted by Crippen LogP contribution is -2.11. The molecule has 0 spiro atoms. The van der Waals surface area contributed by atoms with Crippen LogP contribution >= 0.6 is 24.0 Å². The average Bonchev–Trinajstić information content (AvgIpc) is 2.18. The first-order chi connectivity index (χ1) is 7.00. The third-order valence-electron chi connectivity index (χ3n) is 2.43. The van der Waals surface area contributed by atoms with Gasteiger partial charge in [-0.15, -0.1) is 12.4 Å². The second kappa shape index (κ2) is 7.10. The summed E-state index contributed by atoms with van der Waals surface area (Å²) in [6.07, 6.45) is 1.92. The summed E-state index contributed by atoms with van der Waals surface area (Å²) < 4.78 is 13.2. The first-order valence-corrected chi connectivity index (χ1v) is 5.59. The summed E-state index contributed by atoms with van der Waals surface area (Å²) >= 11 is 5.60. The topological polar surface area (TPSA) is 26.0 Å². The van der Waals surface area contributed by atoms with Crippen molar-refractivity contribution in [3.8, 4) is 0 Å². The normalized spacial score (nSPS) is 12.4. The van der Waals surface area contributed by atoms with Gasteiger partial charge < -0.3 is 5.73 Å². The molecule has 0 saturated carbocycles. The van der Waals surface area contributed by atoms with Gasteiger partial charge in [-0.1, -0.05) is 31.5 Å². The quantitative estimate of drug-likeness (QED) is 0.862. The predicted molar refractivity (Wildman–Crippen MR) is 69.7 cm³/mol. The number of hydrogen-bond acceptors (Lipinski definition) is 1. The van der Waals surface area contributed by atoms with Gasteiger partial charge >= 0.3 is 0 Å². The maximum Gasteiger partial charge on any atom is 0.142 e. The molecule has 0 saturated heterocycles. The fraction of sp³-hybridized carbons (Fsp3) is 0.500. The van der Waals surface area contributed by atoms with Crippen LogP contribution in [0.5, 0.6) is 0 Å². The van der Waals surface area contributed by atoms with Crippen LogP contribution in [0.1, 0.15) is 38.3 Å². The van der Waals surface area contributed by atoms with Gasteiger partial charge in [-0.2, -0.15) is 0 Å². The van der Waals surface area contributed by atoms with Gasteiger partial charge in [0.1, 0.15) is 5.82 Å². The van der Waals surface area contributed by atoms with Crippen molar-refractivity contribution in [2.24, 2.45) is 11.7 Å². The largest absolute Gasteiger partial charge is 0.324 e. The zero-order valence-corrected chi connectivity index (χ0v) is 11.1. The predicted octanol–water partition coefficient (Wildman–Crippen LogP) is 4.34. The molecule has 0 aliphatic rings. The minimum atomic E-state index is -0.394. The van der Waals surface area contributed by atoms with Crippen molar-refractivity contribution in [2.45, 2.75) is 32.7 Å². The molecule has 0 aliphatic heterocycles. The lowest BCUT2D eigenvalue weighted by molar-refractivity contribution is 0.505. The summed E-state index contributed by atoms with van der Waals surface area (Å²) in [5.41, 5.74) is 6.77. The van der Waals surface area contributed by atoms with Crippen molar-refractivity contribution in [2.75, 3.05) is 0 Å². The molecule has 0 amide bonds. The van der Waals surface area contributed by atoms with Gasteiger partial charge in [0.25, 0.3) is 0 Å². The van der Waals surface area contributed by atoms with Crippen LogP contribution < -0.4 is 5.73 Å². The lowest BCUT2D eigenvalue weighted by atomic mass is 9.98. The van der Waals surface area contributed by atoms with Crippen molar-refractivity contribution in [1.29, 1.82) is 0 Å². The van der Waals surface area contributed by atoms with Crippen LogP contribution in [0.25, 0.3) is 0 Å². The average molecular weight is 266 g/mol. The van der Waals surface area contributed by atoms with Gasteiger partial charge in [-0.3, -0.25) is 0 Å². The molecule has 0 bridgehead atoms. The zero-order valence-electron chi connectivity index (χ0n) is 9.54. The van der Waals surface area contributed by atoms with E-state index in [0.717, 1.165) is 18.4 Å². The fourth-order valence-electron chi connectivity index (χ4n) is 1.42. The van der Waals surface area contributed by atoms with E-state index < -0.39 is 5.82 Å². The Morgan fingerprint density at radius 2 is 1.94 bits per heavy atom. The van der Waals surface area contributed by atoms with E-state index in [2.05, 4.69) is 13.8 Å². The molecule has 0 aliphatic carbocycles. The van der Waals surface area contributed by atoms with Crippen LogP contribution in [-0.4, -0.2) is 0 Å². The molecule has 1 aromatic rings. The van der Waals surface area contributed by atoms with Gasteiger partial charge in [0.2, 0.25) is 0 Å². The molecule has 2 N–H and O–H groups in total. The van der Waals surface area contributed by atoms with Crippen molar-refractivity contribution in [1.82, 2.24) is 0 Å². The minimum absolute atomic E-state index is 0. The highest BCUT2D eigenvalue weighted by molar-refractivity contribution is 6.30. The van der Waals surface area contributed by atoms with Crippen LogP contribution in [0.4, 0.5) is 4.39 Å². The molecule has 1 rings (SSSR count). The number of halogens is 3. The highest BCUT2D eigenvalue weighted by Gasteiger charge is 2.09. The van der Waals surface area contributed by atoms with Gasteiger partial charge in [-0.05, 0) is 36.5 Å². The number of benzene rings is 1. The molecule has 0 unspecified atom stereocenters. The van der Waals surface area contributed by atoms with Crippen LogP contribution in [0.15, 0.2) is 18.2 Å². The Morgan fingerprint density at radius 3 is 2.44 bits per heavy atom. The van der Waals surface area contributed by atoms with E-state index in [4.69, 9.17) is 17.3 Å². The van der Waals surface area contributed by atoms with Gasteiger partial charge in [0.05, 0.1) is 5.02 Å². The van der Waals surface area contributed by atoms with Gasteiger partial charge in [0, 0.05) is 6.04 Å². The Hall–Kier alpha value is -0.310. The maximum atomic E-state index is 13.2. The zero-order chi connectivity index (χ0) is 11.4. The molecule has 0 heterocycles. The molecule has 0 fully saturated rings. The van der Waals surface area contributed by atoms with Crippen LogP contribution in [0.2, 0.25) is 5.02 Å². The standard InChI is InChI=1S/C12H17ClFN.ClH/c1-8(2)3-6-12(15)9-4-5-10(13)11(14)7-9;/h4-5,7-8,12H,3,6,15H2,1-2H3;1H/t12-;/m0./s1. The summed E-state index contributed by atoms with van der Waals surface area (Å²) in [6.45, 7) is 4.30. The van der Waals surface area contributed by atoms with E-state index in [-0.39, 0.29) is 23.5 Å². The van der Waals surface area contributed by atoms with E-state index in [1.54, 1.807) is 12.1 Å². The van der Waals surface area contributed by atoms with Crippen molar-refractivity contribution < 1.29 is 4.39 Å². The molecule has 16 heavy (non-hydrogen) atoms. The highest BCUT2D eigenvalue weighted by atomic mass is 35.5. The first kappa shape index (κ1) is 15.7. The summed E-state index contributed by atoms with van der Waals surface area (Å²) in [4.78, 5) is 0. The summed E-state index contributed by atoms with van der Waals surface area (Å²) in [5, 5.41) is 0.148. The monoisotopic (exact) mass is 265 g/mol. The Kier molecular flexibility index (Phi) is 6.96. The Bertz CT molecular complexity index is 329. The van der Waals surface area contributed by atoms with E-state index in [1.807, 2.05) is 0 Å². The molecule has 92 valence electrons. The highest BCUT2D eigenvalue weighted by Crippen LogP contribution is 2.22. The number of nitrogens with two attached hydrogens (primary N) is 1. The smallest absolute Gasteiger partial charge is 0.142 e. The molecule has 1 atom stereocenters. The van der Waals surface area contributed by atoms with Crippen molar-refractivity contribution in [3.05, 3.63) is 34.6 Å². The number of rotatable bonds is 4. The van der Waals surface area contributed by atoms with Crippen molar-refractivity contribution >= 4 is 24.0 Å². The molecular weight excluding hydrogens is 248 g/mol. The van der Waals surface area contributed by atoms with E-state index >= 15 is 0 Å². The molecule has 0 aromatic heterocycles. The first-order valence-electron chi connectivity index (χ1n) is 5.21. The molecule has 1 nitrogen and oxygen atoms in total. The van der Waals surface area contributed by atoms with Gasteiger partial charge in [0.15, 0.2) is 0 Å². The number of hydrogen-bond donors (Lipinski definition) is 1. The third kappa shape index (κ3) is 4.69. The second-order valence-electron chi connectivity index (χ2n) is 4.25. The van der Waals surface area contributed by atoms with Crippen molar-refractivity contribution in [3.63, 3.8) is 0 Å². The fourth-order valence-corrected chi connectivity index (χ4v) is 1.54. The Labute approximate surface area is 108 Å².